The molecule has 1 aliphatic heterocycles. The zero-order chi connectivity index (χ0) is 20.3. The Balaban J connectivity index is 2.01. The van der Waals surface area contributed by atoms with Gasteiger partial charge in [0.15, 0.2) is 15.1 Å². The molecule has 2 aromatic rings. The van der Waals surface area contributed by atoms with E-state index in [4.69, 9.17) is 0 Å². The molecule has 0 saturated heterocycles. The quantitative estimate of drug-likeness (QED) is 0.804. The second-order valence-corrected chi connectivity index (χ2v) is 9.14. The maximum atomic E-state index is 13.5. The molecule has 28 heavy (non-hydrogen) atoms. The first-order valence-corrected chi connectivity index (χ1v) is 11.0. The summed E-state index contributed by atoms with van der Waals surface area (Å²) in [5.74, 6) is -0.499. The first-order valence-electron chi connectivity index (χ1n) is 9.44. The van der Waals surface area contributed by atoms with Gasteiger partial charge in [0.25, 0.3) is 0 Å². The lowest BCUT2D eigenvalue weighted by Gasteiger charge is -2.33. The van der Waals surface area contributed by atoms with Crippen molar-refractivity contribution in [3.8, 4) is 0 Å². The molecule has 2 unspecified atom stereocenters. The van der Waals surface area contributed by atoms with Gasteiger partial charge >= 0.3 is 0 Å². The van der Waals surface area contributed by atoms with E-state index < -0.39 is 27.0 Å². The number of hydrogen-bond donors (Lipinski definition) is 1. The molecule has 1 aliphatic rings. The number of carbonyl (C=O) groups excluding carboxylic acids is 1. The van der Waals surface area contributed by atoms with E-state index in [9.17, 15) is 13.2 Å². The maximum absolute atomic E-state index is 13.5. The summed E-state index contributed by atoms with van der Waals surface area (Å²) in [4.78, 5) is 15.4. The topological polar surface area (TPSA) is 66.5 Å². The van der Waals surface area contributed by atoms with E-state index in [-0.39, 0.29) is 4.90 Å². The molecule has 2 aromatic carbocycles. The van der Waals surface area contributed by atoms with Gasteiger partial charge in [-0.05, 0) is 57.0 Å². The molecule has 0 saturated carbocycles. The van der Waals surface area contributed by atoms with Gasteiger partial charge < -0.3 is 10.2 Å². The molecule has 3 rings (SSSR count). The lowest BCUT2D eigenvalue weighted by atomic mass is 10.1. The van der Waals surface area contributed by atoms with Crippen LogP contribution in [0.15, 0.2) is 71.3 Å². The van der Waals surface area contributed by atoms with Crippen LogP contribution in [0.3, 0.4) is 0 Å². The number of allylic oxidation sites excluding steroid dienone is 1. The van der Waals surface area contributed by atoms with Crippen molar-refractivity contribution in [1.29, 1.82) is 0 Å². The van der Waals surface area contributed by atoms with Crippen LogP contribution in [0.1, 0.15) is 25.8 Å². The molecule has 0 bridgehead atoms. The molecule has 1 amide bonds. The number of nitrogens with one attached hydrogen (secondary N) is 1. The average molecular weight is 399 g/mol. The molecular formula is C22H26N2O3S. The third-order valence-electron chi connectivity index (χ3n) is 5.15. The summed E-state index contributed by atoms with van der Waals surface area (Å²) < 4.78 is 27.0. The van der Waals surface area contributed by atoms with E-state index in [2.05, 4.69) is 5.32 Å². The summed E-state index contributed by atoms with van der Waals surface area (Å²) in [6.07, 6.45) is 2.53. The summed E-state index contributed by atoms with van der Waals surface area (Å²) in [5, 5.41) is 1.62. The molecule has 0 spiro atoms. The Morgan fingerprint density at radius 3 is 2.50 bits per heavy atom. The fraction of sp³-hybridized carbons (Fsp3) is 0.318. The van der Waals surface area contributed by atoms with Crippen LogP contribution in [0.4, 0.5) is 5.69 Å². The minimum atomic E-state index is -3.87. The van der Waals surface area contributed by atoms with E-state index >= 15 is 0 Å². The van der Waals surface area contributed by atoms with Crippen LogP contribution in [-0.4, -0.2) is 37.1 Å². The highest BCUT2D eigenvalue weighted by Gasteiger charge is 2.44. The zero-order valence-corrected chi connectivity index (χ0v) is 17.2. The number of rotatable bonds is 6. The van der Waals surface area contributed by atoms with E-state index in [1.54, 1.807) is 36.4 Å². The summed E-state index contributed by atoms with van der Waals surface area (Å²) in [5.41, 5.74) is 2.60. The van der Waals surface area contributed by atoms with Gasteiger partial charge in [0, 0.05) is 17.9 Å². The molecule has 5 nitrogen and oxygen atoms in total. The Kier molecular flexibility index (Phi) is 5.89. The Bertz CT molecular complexity index is 984. The number of aryl methyl sites for hydroxylation is 1. The molecule has 0 radical (unpaired) electrons. The van der Waals surface area contributed by atoms with Crippen LogP contribution in [-0.2, 0) is 14.6 Å². The monoisotopic (exact) mass is 398 g/mol. The van der Waals surface area contributed by atoms with Crippen LogP contribution in [0.25, 0.3) is 0 Å². The predicted molar refractivity (Wildman–Crippen MR) is 112 cm³/mol. The van der Waals surface area contributed by atoms with Crippen molar-refractivity contribution in [2.24, 2.45) is 0 Å². The lowest BCUT2D eigenvalue weighted by molar-refractivity contribution is -0.116. The predicted octanol–water partition coefficient (Wildman–Crippen LogP) is 3.77. The molecule has 1 heterocycles. The Morgan fingerprint density at radius 1 is 1.14 bits per heavy atom. The number of benzene rings is 2. The lowest BCUT2D eigenvalue weighted by Crippen LogP contribution is -2.50. The summed E-state index contributed by atoms with van der Waals surface area (Å²) >= 11 is 0. The zero-order valence-electron chi connectivity index (χ0n) is 16.4. The summed E-state index contributed by atoms with van der Waals surface area (Å²) in [7, 11) is -3.87. The number of nitrogens with zero attached hydrogens (tertiary/aromatic N) is 1. The second kappa shape index (κ2) is 8.19. The van der Waals surface area contributed by atoms with Crippen LogP contribution in [0, 0.1) is 6.92 Å². The standard InChI is InChI=1S/C22H26N2O3S/c1-4-24-17(3)13-14-20(24)21(28(26,27)19-11-6-5-7-12-19)22(25)23-18-10-8-9-16(2)15-18/h5-13,15,20-21H,4,14H2,1-3H3,(H,23,25). The van der Waals surface area contributed by atoms with Gasteiger partial charge in [0.05, 0.1) is 10.9 Å². The third kappa shape index (κ3) is 3.97. The van der Waals surface area contributed by atoms with Gasteiger partial charge in [-0.2, -0.15) is 0 Å². The van der Waals surface area contributed by atoms with Crippen LogP contribution in [0.5, 0.6) is 0 Å². The van der Waals surface area contributed by atoms with Crippen molar-refractivity contribution in [1.82, 2.24) is 4.90 Å². The minimum Gasteiger partial charge on any atom is -0.370 e. The van der Waals surface area contributed by atoms with Crippen molar-refractivity contribution < 1.29 is 13.2 Å². The number of amides is 1. The van der Waals surface area contributed by atoms with Gasteiger partial charge in [0.1, 0.15) is 0 Å². The van der Waals surface area contributed by atoms with Gasteiger partial charge in [0.2, 0.25) is 5.91 Å². The normalized spacial score (nSPS) is 17.9. The fourth-order valence-corrected chi connectivity index (χ4v) is 5.63. The number of anilines is 1. The van der Waals surface area contributed by atoms with Gasteiger partial charge in [-0.15, -0.1) is 0 Å². The van der Waals surface area contributed by atoms with Gasteiger partial charge in [-0.25, -0.2) is 8.42 Å². The fourth-order valence-electron chi connectivity index (χ4n) is 3.78. The van der Waals surface area contributed by atoms with E-state index in [1.807, 2.05) is 49.9 Å². The second-order valence-electron chi connectivity index (χ2n) is 7.07. The van der Waals surface area contributed by atoms with E-state index in [1.165, 1.54) is 0 Å². The Morgan fingerprint density at radius 2 is 1.86 bits per heavy atom. The molecule has 2 atom stereocenters. The maximum Gasteiger partial charge on any atom is 0.245 e. The van der Waals surface area contributed by atoms with Crippen LogP contribution in [0.2, 0.25) is 0 Å². The largest absolute Gasteiger partial charge is 0.370 e. The van der Waals surface area contributed by atoms with E-state index in [0.717, 1.165) is 11.3 Å². The molecule has 0 aliphatic carbocycles. The first-order chi connectivity index (χ1) is 13.3. The summed E-state index contributed by atoms with van der Waals surface area (Å²) in [6.45, 7) is 6.50. The minimum absolute atomic E-state index is 0.167. The number of hydrogen-bond acceptors (Lipinski definition) is 4. The smallest absolute Gasteiger partial charge is 0.245 e. The highest BCUT2D eigenvalue weighted by molar-refractivity contribution is 7.93. The van der Waals surface area contributed by atoms with Crippen LogP contribution < -0.4 is 5.32 Å². The van der Waals surface area contributed by atoms with Gasteiger partial charge in [-0.1, -0.05) is 36.4 Å². The molecule has 0 aromatic heterocycles. The molecule has 148 valence electrons. The molecular weight excluding hydrogens is 372 g/mol. The number of sulfone groups is 1. The van der Waals surface area contributed by atoms with E-state index in [0.29, 0.717) is 18.7 Å². The Labute approximate surface area is 167 Å². The SMILES string of the molecule is CCN1C(C)=CCC1C(C(=O)Nc1cccc(C)c1)S(=O)(=O)c1ccccc1. The van der Waals surface area contributed by atoms with Crippen molar-refractivity contribution in [3.63, 3.8) is 0 Å². The van der Waals surface area contributed by atoms with Crippen molar-refractivity contribution in [2.75, 3.05) is 11.9 Å². The van der Waals surface area contributed by atoms with Crippen molar-refractivity contribution in [3.05, 3.63) is 71.9 Å². The Hall–Kier alpha value is -2.60. The number of carbonyl (C=O) groups is 1. The van der Waals surface area contributed by atoms with Crippen molar-refractivity contribution in [2.45, 2.75) is 43.4 Å². The van der Waals surface area contributed by atoms with Crippen molar-refractivity contribution >= 4 is 21.4 Å². The first kappa shape index (κ1) is 20.1. The summed E-state index contributed by atoms with van der Waals surface area (Å²) in [6, 6.07) is 15.2. The molecule has 6 heteroatoms. The van der Waals surface area contributed by atoms with Crippen LogP contribution >= 0.6 is 0 Å². The average Bonchev–Trinajstić information content (AvgIpc) is 3.02. The highest BCUT2D eigenvalue weighted by Crippen LogP contribution is 2.31. The molecule has 0 fully saturated rings. The highest BCUT2D eigenvalue weighted by atomic mass is 32.2. The molecule has 1 N–H and O–H groups in total. The third-order valence-corrected chi connectivity index (χ3v) is 7.27. The van der Waals surface area contributed by atoms with Gasteiger partial charge in [-0.3, -0.25) is 4.79 Å².